The maximum absolute atomic E-state index is 5.96. The molecule has 0 aliphatic heterocycles. The molecule has 4 nitrogen and oxygen atoms in total. The van der Waals surface area contributed by atoms with Crippen LogP contribution in [-0.4, -0.2) is 32.9 Å². The van der Waals surface area contributed by atoms with Crippen LogP contribution in [0.3, 0.4) is 0 Å². The molecule has 1 fully saturated rings. The van der Waals surface area contributed by atoms with Crippen LogP contribution in [0.15, 0.2) is 18.2 Å². The minimum absolute atomic E-state index is 0.531. The van der Waals surface area contributed by atoms with E-state index < -0.39 is 0 Å². The number of rotatable bonds is 8. The van der Waals surface area contributed by atoms with Crippen LogP contribution in [0.1, 0.15) is 26.7 Å². The van der Waals surface area contributed by atoms with Crippen LogP contribution in [0.5, 0.6) is 5.75 Å². The minimum Gasteiger partial charge on any atom is -0.492 e. The first kappa shape index (κ1) is 15.0. The predicted octanol–water partition coefficient (Wildman–Crippen LogP) is 2.92. The first-order valence-corrected chi connectivity index (χ1v) is 7.45. The summed E-state index contributed by atoms with van der Waals surface area (Å²) in [6.07, 6.45) is 2.66. The summed E-state index contributed by atoms with van der Waals surface area (Å²) >= 11 is 0. The molecule has 1 atom stereocenters. The summed E-state index contributed by atoms with van der Waals surface area (Å²) in [5.41, 5.74) is 7.82. The predicted molar refractivity (Wildman–Crippen MR) is 83.4 cm³/mol. The molecular weight excluding hydrogens is 252 g/mol. The normalized spacial score (nSPS) is 15.9. The lowest BCUT2D eigenvalue weighted by Crippen LogP contribution is -2.37. The summed E-state index contributed by atoms with van der Waals surface area (Å²) in [5, 5.41) is 0. The van der Waals surface area contributed by atoms with Crippen LogP contribution in [0.25, 0.3) is 0 Å². The van der Waals surface area contributed by atoms with E-state index in [0.29, 0.717) is 18.3 Å². The van der Waals surface area contributed by atoms with Crippen molar-refractivity contribution >= 4 is 11.4 Å². The Morgan fingerprint density at radius 1 is 1.40 bits per heavy atom. The number of nitrogens with two attached hydrogens (primary N) is 1. The number of hydrogen-bond acceptors (Lipinski definition) is 4. The summed E-state index contributed by atoms with van der Waals surface area (Å²) in [7, 11) is 1.74. The fourth-order valence-corrected chi connectivity index (χ4v) is 2.57. The third-order valence-corrected chi connectivity index (χ3v) is 3.96. The molecule has 0 spiro atoms. The van der Waals surface area contributed by atoms with Gasteiger partial charge in [-0.15, -0.1) is 0 Å². The molecule has 0 aromatic heterocycles. The summed E-state index contributed by atoms with van der Waals surface area (Å²) in [4.78, 5) is 2.41. The number of nitrogen functional groups attached to an aromatic ring is 1. The van der Waals surface area contributed by atoms with Gasteiger partial charge in [0.05, 0.1) is 18.9 Å². The number of benzene rings is 1. The van der Waals surface area contributed by atoms with Gasteiger partial charge in [-0.1, -0.05) is 0 Å². The molecule has 0 heterocycles. The van der Waals surface area contributed by atoms with Gasteiger partial charge in [-0.25, -0.2) is 0 Å². The van der Waals surface area contributed by atoms with Gasteiger partial charge in [0.2, 0.25) is 0 Å². The highest BCUT2D eigenvalue weighted by molar-refractivity contribution is 5.62. The molecule has 1 aromatic rings. The topological polar surface area (TPSA) is 47.7 Å². The van der Waals surface area contributed by atoms with E-state index in [1.165, 1.54) is 18.5 Å². The standard InChI is InChI=1S/C16H26N2O2/c1-4-20-16-11-14(7-8-15(16)17)18(9-10-19-3)12(2)13-5-6-13/h7-8,11-13H,4-6,9-10,17H2,1-3H3. The van der Waals surface area contributed by atoms with Crippen LogP contribution in [-0.2, 0) is 4.74 Å². The Hall–Kier alpha value is -1.42. The quantitative estimate of drug-likeness (QED) is 0.743. The lowest BCUT2D eigenvalue weighted by molar-refractivity contribution is 0.202. The van der Waals surface area contributed by atoms with E-state index in [9.17, 15) is 0 Å². The first-order valence-electron chi connectivity index (χ1n) is 7.45. The molecule has 2 rings (SSSR count). The van der Waals surface area contributed by atoms with Gasteiger partial charge in [-0.2, -0.15) is 0 Å². The Labute approximate surface area is 121 Å². The van der Waals surface area contributed by atoms with Gasteiger partial charge in [-0.05, 0) is 44.7 Å². The van der Waals surface area contributed by atoms with Crippen molar-refractivity contribution in [2.24, 2.45) is 5.92 Å². The molecular formula is C16H26N2O2. The smallest absolute Gasteiger partial charge is 0.144 e. The van der Waals surface area contributed by atoms with E-state index in [1.807, 2.05) is 19.1 Å². The molecule has 4 heteroatoms. The number of ether oxygens (including phenoxy) is 2. The summed E-state index contributed by atoms with van der Waals surface area (Å²) in [5.74, 6) is 1.58. The third-order valence-electron chi connectivity index (χ3n) is 3.96. The van der Waals surface area contributed by atoms with Crippen molar-refractivity contribution in [1.29, 1.82) is 0 Å². The monoisotopic (exact) mass is 278 g/mol. The number of nitrogens with zero attached hydrogens (tertiary/aromatic N) is 1. The van der Waals surface area contributed by atoms with Crippen LogP contribution in [0, 0.1) is 5.92 Å². The van der Waals surface area contributed by atoms with Crippen molar-refractivity contribution in [2.45, 2.75) is 32.7 Å². The Morgan fingerprint density at radius 3 is 2.75 bits per heavy atom. The van der Waals surface area contributed by atoms with Crippen molar-refractivity contribution < 1.29 is 9.47 Å². The Balaban J connectivity index is 2.20. The van der Waals surface area contributed by atoms with Crippen molar-refractivity contribution in [2.75, 3.05) is 37.5 Å². The summed E-state index contributed by atoms with van der Waals surface area (Å²) in [6, 6.07) is 6.59. The molecule has 1 unspecified atom stereocenters. The molecule has 2 N–H and O–H groups in total. The molecule has 0 bridgehead atoms. The lowest BCUT2D eigenvalue weighted by atomic mass is 10.1. The Kier molecular flexibility index (Phi) is 5.12. The van der Waals surface area contributed by atoms with E-state index in [2.05, 4.69) is 17.9 Å². The zero-order chi connectivity index (χ0) is 14.5. The van der Waals surface area contributed by atoms with Gasteiger partial charge in [-0.3, -0.25) is 0 Å². The van der Waals surface area contributed by atoms with E-state index >= 15 is 0 Å². The Bertz CT molecular complexity index is 432. The zero-order valence-corrected chi connectivity index (χ0v) is 12.8. The highest BCUT2D eigenvalue weighted by Gasteiger charge is 2.32. The highest BCUT2D eigenvalue weighted by Crippen LogP contribution is 2.38. The zero-order valence-electron chi connectivity index (χ0n) is 12.8. The van der Waals surface area contributed by atoms with E-state index in [4.69, 9.17) is 15.2 Å². The fourth-order valence-electron chi connectivity index (χ4n) is 2.57. The number of hydrogen-bond donors (Lipinski definition) is 1. The highest BCUT2D eigenvalue weighted by atomic mass is 16.5. The molecule has 112 valence electrons. The van der Waals surface area contributed by atoms with Crippen molar-refractivity contribution in [3.8, 4) is 5.75 Å². The van der Waals surface area contributed by atoms with Crippen molar-refractivity contribution in [3.63, 3.8) is 0 Å². The number of methoxy groups -OCH3 is 1. The Morgan fingerprint density at radius 2 is 2.15 bits per heavy atom. The van der Waals surface area contributed by atoms with Gasteiger partial charge in [0.1, 0.15) is 5.75 Å². The van der Waals surface area contributed by atoms with Crippen LogP contribution >= 0.6 is 0 Å². The molecule has 0 saturated heterocycles. The van der Waals surface area contributed by atoms with Crippen molar-refractivity contribution in [3.05, 3.63) is 18.2 Å². The molecule has 20 heavy (non-hydrogen) atoms. The van der Waals surface area contributed by atoms with Crippen molar-refractivity contribution in [1.82, 2.24) is 0 Å². The number of anilines is 2. The first-order chi connectivity index (χ1) is 9.67. The molecule has 1 aromatic carbocycles. The average molecular weight is 278 g/mol. The second-order valence-corrected chi connectivity index (χ2v) is 5.42. The van der Waals surface area contributed by atoms with E-state index in [-0.39, 0.29) is 0 Å². The van der Waals surface area contributed by atoms with Gasteiger partial charge in [0.15, 0.2) is 0 Å². The van der Waals surface area contributed by atoms with Gasteiger partial charge in [0.25, 0.3) is 0 Å². The fraction of sp³-hybridized carbons (Fsp3) is 0.625. The minimum atomic E-state index is 0.531. The summed E-state index contributed by atoms with van der Waals surface area (Å²) in [6.45, 7) is 6.52. The lowest BCUT2D eigenvalue weighted by Gasteiger charge is -2.32. The second kappa shape index (κ2) is 6.84. The second-order valence-electron chi connectivity index (χ2n) is 5.42. The van der Waals surface area contributed by atoms with Gasteiger partial charge < -0.3 is 20.1 Å². The molecule has 1 saturated carbocycles. The summed E-state index contributed by atoms with van der Waals surface area (Å²) < 4.78 is 10.9. The van der Waals surface area contributed by atoms with E-state index in [1.54, 1.807) is 7.11 Å². The van der Waals surface area contributed by atoms with Crippen LogP contribution in [0.4, 0.5) is 11.4 Å². The molecule has 0 radical (unpaired) electrons. The molecule has 0 amide bonds. The maximum atomic E-state index is 5.96. The largest absolute Gasteiger partial charge is 0.492 e. The SMILES string of the molecule is CCOc1cc(N(CCOC)C(C)C2CC2)ccc1N. The maximum Gasteiger partial charge on any atom is 0.144 e. The average Bonchev–Trinajstić information content (AvgIpc) is 3.27. The van der Waals surface area contributed by atoms with Crippen LogP contribution < -0.4 is 15.4 Å². The van der Waals surface area contributed by atoms with Gasteiger partial charge in [0, 0.05) is 31.5 Å². The van der Waals surface area contributed by atoms with E-state index in [0.717, 1.165) is 24.8 Å². The van der Waals surface area contributed by atoms with Gasteiger partial charge >= 0.3 is 0 Å². The third kappa shape index (κ3) is 3.57. The van der Waals surface area contributed by atoms with Crippen LogP contribution in [0.2, 0.25) is 0 Å². The molecule has 1 aliphatic rings. The molecule has 1 aliphatic carbocycles.